The number of carbonyl (C=O) groups excluding carboxylic acids is 3. The summed E-state index contributed by atoms with van der Waals surface area (Å²) in [5, 5.41) is 2.31. The summed E-state index contributed by atoms with van der Waals surface area (Å²) in [5.74, 6) is -1.03. The van der Waals surface area contributed by atoms with Crippen molar-refractivity contribution < 1.29 is 14.4 Å². The molecule has 1 saturated heterocycles. The molecule has 29 heavy (non-hydrogen) atoms. The molecule has 4 rings (SSSR count). The first-order valence-corrected chi connectivity index (χ1v) is 10.0. The number of carbonyl (C=O) groups is 3. The number of thiophene rings is 1. The van der Waals surface area contributed by atoms with E-state index >= 15 is 0 Å². The second-order valence-electron chi connectivity index (χ2n) is 6.84. The van der Waals surface area contributed by atoms with E-state index in [0.29, 0.717) is 10.2 Å². The fourth-order valence-corrected chi connectivity index (χ4v) is 4.14. The molecule has 3 heterocycles. The van der Waals surface area contributed by atoms with Crippen molar-refractivity contribution in [2.24, 2.45) is 0 Å². The molecule has 1 aliphatic rings. The van der Waals surface area contributed by atoms with Gasteiger partial charge >= 0.3 is 0 Å². The highest BCUT2D eigenvalue weighted by Gasteiger charge is 2.28. The second-order valence-corrected chi connectivity index (χ2v) is 7.70. The van der Waals surface area contributed by atoms with Gasteiger partial charge in [0.2, 0.25) is 17.7 Å². The summed E-state index contributed by atoms with van der Waals surface area (Å²) >= 11 is 1.36. The number of hydrogen-bond donors (Lipinski definition) is 1. The number of aryl methyl sites for hydroxylation is 1. The Morgan fingerprint density at radius 1 is 1.14 bits per heavy atom. The zero-order chi connectivity index (χ0) is 20.5. The lowest BCUT2D eigenvalue weighted by Crippen LogP contribution is -2.36. The Balaban J connectivity index is 1.56. The third-order valence-electron chi connectivity index (χ3n) is 4.82. The van der Waals surface area contributed by atoms with Crippen LogP contribution in [-0.4, -0.2) is 38.8 Å². The topological polar surface area (TPSA) is 101 Å². The van der Waals surface area contributed by atoms with Crippen LogP contribution in [0.5, 0.6) is 0 Å². The Hall–Kier alpha value is -3.33. The van der Waals surface area contributed by atoms with E-state index in [1.54, 1.807) is 0 Å². The number of nitrogens with one attached hydrogen (secondary N) is 1. The molecule has 0 unspecified atom stereocenters. The van der Waals surface area contributed by atoms with E-state index in [4.69, 9.17) is 0 Å². The zero-order valence-electron chi connectivity index (χ0n) is 15.7. The van der Waals surface area contributed by atoms with Gasteiger partial charge in [0.1, 0.15) is 11.2 Å². The number of likely N-dealkylation sites (tertiary alicyclic amines) is 1. The summed E-state index contributed by atoms with van der Waals surface area (Å²) < 4.78 is 1.04. The largest absolute Gasteiger partial charge is 0.282 e. The van der Waals surface area contributed by atoms with E-state index in [0.717, 1.165) is 26.3 Å². The van der Waals surface area contributed by atoms with Crippen LogP contribution in [0.3, 0.4) is 0 Å². The predicted octanol–water partition coefficient (Wildman–Crippen LogP) is 2.04. The highest BCUT2D eigenvalue weighted by Crippen LogP contribution is 2.30. The molecule has 3 amide bonds. The molecule has 0 saturated carbocycles. The number of benzene rings is 1. The Kier molecular flexibility index (Phi) is 4.98. The Morgan fingerprint density at radius 2 is 1.83 bits per heavy atom. The van der Waals surface area contributed by atoms with Crippen LogP contribution in [0.1, 0.15) is 24.8 Å². The van der Waals surface area contributed by atoms with E-state index in [1.807, 2.05) is 36.6 Å². The molecule has 0 aliphatic carbocycles. The third kappa shape index (κ3) is 3.68. The lowest BCUT2D eigenvalue weighted by Gasteiger charge is -2.13. The van der Waals surface area contributed by atoms with Gasteiger partial charge < -0.3 is 0 Å². The fourth-order valence-electron chi connectivity index (χ4n) is 3.23. The number of aromatic nitrogens is 2. The van der Waals surface area contributed by atoms with E-state index in [9.17, 15) is 19.2 Å². The normalized spacial score (nSPS) is 14.0. The van der Waals surface area contributed by atoms with Gasteiger partial charge in [0, 0.05) is 36.8 Å². The van der Waals surface area contributed by atoms with Gasteiger partial charge in [-0.25, -0.2) is 9.66 Å². The summed E-state index contributed by atoms with van der Waals surface area (Å²) in [6.45, 7) is 1.99. The Bertz CT molecular complexity index is 1160. The van der Waals surface area contributed by atoms with E-state index < -0.39 is 5.91 Å². The van der Waals surface area contributed by atoms with Crippen LogP contribution in [0.15, 0.2) is 40.8 Å². The molecule has 9 heteroatoms. The Labute approximate surface area is 169 Å². The first kappa shape index (κ1) is 19.0. The summed E-state index contributed by atoms with van der Waals surface area (Å²) in [6, 6.07) is 7.82. The maximum atomic E-state index is 12.9. The molecule has 0 atom stereocenters. The van der Waals surface area contributed by atoms with Gasteiger partial charge in [0.25, 0.3) is 5.56 Å². The minimum atomic E-state index is -0.479. The van der Waals surface area contributed by atoms with Gasteiger partial charge in [0.05, 0.1) is 5.39 Å². The average Bonchev–Trinajstić information content (AvgIpc) is 3.27. The van der Waals surface area contributed by atoms with Crippen LogP contribution in [0.4, 0.5) is 0 Å². The van der Waals surface area contributed by atoms with Crippen molar-refractivity contribution in [3.05, 3.63) is 51.9 Å². The number of amides is 3. The molecular weight excluding hydrogens is 392 g/mol. The first-order chi connectivity index (χ1) is 13.9. The standard InChI is InChI=1S/C20H18N4O4S/c1-12-2-4-13(5-3-12)14-10-29-19-18(14)20(28)24(11-21-19)22-15(25)8-9-23-16(26)6-7-17(23)27/h2-5,10-11H,6-9H2,1H3,(H,22,25). The lowest BCUT2D eigenvalue weighted by atomic mass is 10.1. The van der Waals surface area contributed by atoms with Gasteiger partial charge in [-0.05, 0) is 12.5 Å². The van der Waals surface area contributed by atoms with E-state index in [2.05, 4.69) is 10.4 Å². The lowest BCUT2D eigenvalue weighted by molar-refractivity contribution is -0.138. The highest BCUT2D eigenvalue weighted by atomic mass is 32.1. The maximum absolute atomic E-state index is 12.9. The molecule has 0 spiro atoms. The van der Waals surface area contributed by atoms with Crippen molar-refractivity contribution >= 4 is 39.3 Å². The molecule has 1 N–H and O–H groups in total. The summed E-state index contributed by atoms with van der Waals surface area (Å²) in [6.07, 6.45) is 1.54. The van der Waals surface area contributed by atoms with Crippen LogP contribution in [0, 0.1) is 6.92 Å². The van der Waals surface area contributed by atoms with Crippen LogP contribution in [-0.2, 0) is 14.4 Å². The minimum Gasteiger partial charge on any atom is -0.282 e. The summed E-state index contributed by atoms with van der Waals surface area (Å²) in [7, 11) is 0. The average molecular weight is 410 g/mol. The van der Waals surface area contributed by atoms with Gasteiger partial charge in [-0.3, -0.25) is 29.5 Å². The fraction of sp³-hybridized carbons (Fsp3) is 0.250. The van der Waals surface area contributed by atoms with Crippen LogP contribution >= 0.6 is 11.3 Å². The van der Waals surface area contributed by atoms with Crippen LogP contribution in [0.25, 0.3) is 21.3 Å². The third-order valence-corrected chi connectivity index (χ3v) is 5.71. The van der Waals surface area contributed by atoms with Crippen molar-refractivity contribution in [3.63, 3.8) is 0 Å². The van der Waals surface area contributed by atoms with Crippen molar-refractivity contribution in [2.75, 3.05) is 12.0 Å². The molecule has 0 radical (unpaired) electrons. The molecule has 1 fully saturated rings. The van der Waals surface area contributed by atoms with Gasteiger partial charge in [-0.1, -0.05) is 29.8 Å². The summed E-state index contributed by atoms with van der Waals surface area (Å²) in [5.41, 5.74) is 4.89. The second kappa shape index (κ2) is 7.59. The monoisotopic (exact) mass is 410 g/mol. The maximum Gasteiger partial charge on any atom is 0.281 e. The van der Waals surface area contributed by atoms with Crippen molar-refractivity contribution in [1.82, 2.24) is 14.6 Å². The molecule has 0 bridgehead atoms. The van der Waals surface area contributed by atoms with Gasteiger partial charge in [0.15, 0.2) is 0 Å². The molecular formula is C20H18N4O4S. The number of imide groups is 1. The molecule has 3 aromatic rings. The number of rotatable bonds is 5. The molecule has 2 aromatic heterocycles. The van der Waals surface area contributed by atoms with Crippen molar-refractivity contribution in [2.45, 2.75) is 26.2 Å². The molecule has 1 aromatic carbocycles. The first-order valence-electron chi connectivity index (χ1n) is 9.13. The molecule has 8 nitrogen and oxygen atoms in total. The predicted molar refractivity (Wildman–Crippen MR) is 109 cm³/mol. The van der Waals surface area contributed by atoms with Gasteiger partial charge in [-0.2, -0.15) is 0 Å². The van der Waals surface area contributed by atoms with Crippen LogP contribution < -0.4 is 11.0 Å². The highest BCUT2D eigenvalue weighted by molar-refractivity contribution is 7.17. The number of fused-ring (bicyclic) bond motifs is 1. The quantitative estimate of drug-likeness (QED) is 0.649. The Morgan fingerprint density at radius 3 is 2.52 bits per heavy atom. The SMILES string of the molecule is Cc1ccc(-c2csc3ncn(NC(=O)CCN4C(=O)CCC4=O)c(=O)c23)cc1. The molecule has 1 aliphatic heterocycles. The number of nitrogens with zero attached hydrogens (tertiary/aromatic N) is 3. The van der Waals surface area contributed by atoms with Crippen molar-refractivity contribution in [1.29, 1.82) is 0 Å². The van der Waals surface area contributed by atoms with Crippen LogP contribution in [0.2, 0.25) is 0 Å². The van der Waals surface area contributed by atoms with Gasteiger partial charge in [-0.15, -0.1) is 11.3 Å². The summed E-state index contributed by atoms with van der Waals surface area (Å²) in [4.78, 5) is 54.4. The van der Waals surface area contributed by atoms with E-state index in [-0.39, 0.29) is 43.2 Å². The zero-order valence-corrected chi connectivity index (χ0v) is 16.5. The number of hydrogen-bond acceptors (Lipinski definition) is 6. The van der Waals surface area contributed by atoms with Crippen molar-refractivity contribution in [3.8, 4) is 11.1 Å². The smallest absolute Gasteiger partial charge is 0.281 e. The minimum absolute atomic E-state index is 0.000983. The van der Waals surface area contributed by atoms with E-state index in [1.165, 1.54) is 17.7 Å². The molecule has 148 valence electrons.